The Morgan fingerprint density at radius 1 is 1.38 bits per heavy atom. The zero-order valence-corrected chi connectivity index (χ0v) is 10.7. The molecule has 1 rings (SSSR count). The van der Waals surface area contributed by atoms with Crippen molar-refractivity contribution < 1.29 is 0 Å². The van der Waals surface area contributed by atoms with Crippen LogP contribution in [0.2, 0.25) is 0 Å². The Labute approximate surface area is 91.0 Å². The number of likely N-dealkylation sites (tertiary alicyclic amines) is 1. The van der Waals surface area contributed by atoms with E-state index in [0.29, 0.717) is 4.83 Å². The van der Waals surface area contributed by atoms with Crippen molar-refractivity contribution in [2.75, 3.05) is 13.1 Å². The van der Waals surface area contributed by atoms with Gasteiger partial charge >= 0.3 is 0 Å². The van der Waals surface area contributed by atoms with Gasteiger partial charge in [-0.05, 0) is 31.7 Å². The first kappa shape index (κ1) is 11.5. The lowest BCUT2D eigenvalue weighted by Gasteiger charge is -2.38. The highest BCUT2D eigenvalue weighted by molar-refractivity contribution is 9.09. The summed E-state index contributed by atoms with van der Waals surface area (Å²) in [6, 6.07) is 0.813. The fourth-order valence-corrected chi connectivity index (χ4v) is 2.82. The van der Waals surface area contributed by atoms with E-state index in [2.05, 4.69) is 41.6 Å². The molecule has 0 aliphatic carbocycles. The first-order valence-electron chi connectivity index (χ1n) is 5.57. The van der Waals surface area contributed by atoms with Crippen LogP contribution in [-0.2, 0) is 0 Å². The minimum absolute atomic E-state index is 0.710. The summed E-state index contributed by atoms with van der Waals surface area (Å²) in [5.74, 6) is 0.852. The van der Waals surface area contributed by atoms with Crippen molar-refractivity contribution in [3.8, 4) is 0 Å². The van der Waals surface area contributed by atoms with Crippen LogP contribution in [0.25, 0.3) is 0 Å². The van der Waals surface area contributed by atoms with Crippen LogP contribution in [0.1, 0.15) is 40.0 Å². The molecule has 0 aromatic carbocycles. The topological polar surface area (TPSA) is 3.24 Å². The second-order valence-corrected chi connectivity index (χ2v) is 5.42. The maximum atomic E-state index is 3.78. The van der Waals surface area contributed by atoms with E-state index in [1.54, 1.807) is 0 Å². The zero-order valence-electron chi connectivity index (χ0n) is 9.09. The van der Waals surface area contributed by atoms with Crippen LogP contribution in [-0.4, -0.2) is 28.9 Å². The van der Waals surface area contributed by atoms with Gasteiger partial charge in [-0.3, -0.25) is 4.90 Å². The van der Waals surface area contributed by atoms with Gasteiger partial charge in [0.1, 0.15) is 0 Å². The van der Waals surface area contributed by atoms with E-state index in [1.165, 1.54) is 32.4 Å². The van der Waals surface area contributed by atoms with Crippen LogP contribution < -0.4 is 0 Å². The van der Waals surface area contributed by atoms with E-state index < -0.39 is 0 Å². The highest BCUT2D eigenvalue weighted by Crippen LogP contribution is 2.25. The molecule has 78 valence electrons. The first-order valence-corrected chi connectivity index (χ1v) is 6.48. The number of hydrogen-bond acceptors (Lipinski definition) is 1. The molecule has 0 aromatic rings. The molecule has 0 amide bonds. The average molecular weight is 248 g/mol. The Balaban J connectivity index is 2.44. The third-order valence-corrected chi connectivity index (χ3v) is 4.55. The van der Waals surface area contributed by atoms with Gasteiger partial charge in [-0.2, -0.15) is 0 Å². The van der Waals surface area contributed by atoms with Gasteiger partial charge in [0, 0.05) is 17.4 Å². The molecule has 1 nitrogen and oxygen atoms in total. The van der Waals surface area contributed by atoms with Crippen LogP contribution in [0.5, 0.6) is 0 Å². The Hall–Kier alpha value is 0.440. The maximum absolute atomic E-state index is 3.78. The Kier molecular flexibility index (Phi) is 4.74. The van der Waals surface area contributed by atoms with E-state index in [-0.39, 0.29) is 0 Å². The van der Waals surface area contributed by atoms with Crippen molar-refractivity contribution in [3.05, 3.63) is 0 Å². The van der Waals surface area contributed by atoms with Crippen molar-refractivity contribution >= 4 is 15.9 Å². The smallest absolute Gasteiger partial charge is 0.0299 e. The molecule has 2 atom stereocenters. The highest BCUT2D eigenvalue weighted by Gasteiger charge is 2.26. The molecular weight excluding hydrogens is 226 g/mol. The summed E-state index contributed by atoms with van der Waals surface area (Å²) < 4.78 is 0. The first-order chi connectivity index (χ1) is 6.19. The van der Waals surface area contributed by atoms with Gasteiger partial charge in [-0.1, -0.05) is 36.7 Å². The quantitative estimate of drug-likeness (QED) is 0.693. The summed E-state index contributed by atoms with van der Waals surface area (Å²) in [5.41, 5.74) is 0. The van der Waals surface area contributed by atoms with Crippen LogP contribution in [0.15, 0.2) is 0 Å². The van der Waals surface area contributed by atoms with Crippen molar-refractivity contribution in [2.24, 2.45) is 5.92 Å². The third kappa shape index (κ3) is 2.95. The van der Waals surface area contributed by atoms with Gasteiger partial charge in [-0.25, -0.2) is 0 Å². The monoisotopic (exact) mass is 247 g/mol. The second-order valence-electron chi connectivity index (χ2n) is 4.25. The van der Waals surface area contributed by atoms with Crippen molar-refractivity contribution in [3.63, 3.8) is 0 Å². The molecule has 1 fully saturated rings. The zero-order chi connectivity index (χ0) is 9.84. The molecule has 2 unspecified atom stereocenters. The number of alkyl halides is 1. The van der Waals surface area contributed by atoms with E-state index in [9.17, 15) is 0 Å². The van der Waals surface area contributed by atoms with E-state index in [4.69, 9.17) is 0 Å². The Morgan fingerprint density at radius 3 is 2.46 bits per heavy atom. The number of nitrogens with zero attached hydrogens (tertiary/aromatic N) is 1. The molecule has 1 aliphatic rings. The third-order valence-electron chi connectivity index (χ3n) is 3.36. The molecule has 0 spiro atoms. The minimum atomic E-state index is 0.710. The van der Waals surface area contributed by atoms with Gasteiger partial charge in [0.05, 0.1) is 0 Å². The van der Waals surface area contributed by atoms with E-state index in [1.807, 2.05) is 0 Å². The van der Waals surface area contributed by atoms with E-state index in [0.717, 1.165) is 12.0 Å². The van der Waals surface area contributed by atoms with Crippen molar-refractivity contribution in [1.82, 2.24) is 4.90 Å². The molecule has 1 aliphatic heterocycles. The van der Waals surface area contributed by atoms with Gasteiger partial charge in [-0.15, -0.1) is 0 Å². The molecule has 13 heavy (non-hydrogen) atoms. The lowest BCUT2D eigenvalue weighted by atomic mass is 9.96. The second kappa shape index (κ2) is 5.35. The predicted molar refractivity (Wildman–Crippen MR) is 62.4 cm³/mol. The van der Waals surface area contributed by atoms with Crippen LogP contribution >= 0.6 is 15.9 Å². The summed E-state index contributed by atoms with van der Waals surface area (Å²) in [6.45, 7) is 9.50. The highest BCUT2D eigenvalue weighted by atomic mass is 79.9. The van der Waals surface area contributed by atoms with Gasteiger partial charge < -0.3 is 0 Å². The molecule has 0 radical (unpaired) electrons. The molecule has 0 saturated carbocycles. The molecule has 2 heteroatoms. The van der Waals surface area contributed by atoms with Gasteiger partial charge in [0.25, 0.3) is 0 Å². The van der Waals surface area contributed by atoms with Gasteiger partial charge in [0.15, 0.2) is 0 Å². The van der Waals surface area contributed by atoms with Crippen LogP contribution in [0.4, 0.5) is 0 Å². The molecule has 0 bridgehead atoms. The number of hydrogen-bond donors (Lipinski definition) is 0. The minimum Gasteiger partial charge on any atom is -0.299 e. The summed E-state index contributed by atoms with van der Waals surface area (Å²) >= 11 is 3.78. The summed E-state index contributed by atoms with van der Waals surface area (Å²) in [6.07, 6.45) is 3.95. The summed E-state index contributed by atoms with van der Waals surface area (Å²) in [7, 11) is 0. The molecule has 0 aromatic heterocycles. The number of halogens is 1. The summed E-state index contributed by atoms with van der Waals surface area (Å²) in [4.78, 5) is 3.36. The lowest BCUT2D eigenvalue weighted by molar-refractivity contribution is 0.137. The summed E-state index contributed by atoms with van der Waals surface area (Å²) in [5, 5.41) is 0. The van der Waals surface area contributed by atoms with Crippen molar-refractivity contribution in [2.45, 2.75) is 50.9 Å². The predicted octanol–water partition coefficient (Wildman–Crippen LogP) is 3.28. The average Bonchev–Trinajstić information content (AvgIpc) is 2.13. The fourth-order valence-electron chi connectivity index (χ4n) is 2.18. The normalized spacial score (nSPS) is 31.2. The van der Waals surface area contributed by atoms with Gasteiger partial charge in [0.2, 0.25) is 0 Å². The molecule has 1 heterocycles. The van der Waals surface area contributed by atoms with Crippen LogP contribution in [0, 0.1) is 5.92 Å². The SMILES string of the molecule is CCC(CC)N1CCC(C)C(Br)C1. The fraction of sp³-hybridized carbons (Fsp3) is 1.00. The lowest BCUT2D eigenvalue weighted by Crippen LogP contribution is -2.45. The molecular formula is C11H22BrN. The number of piperidine rings is 1. The molecule has 1 saturated heterocycles. The largest absolute Gasteiger partial charge is 0.299 e. The molecule has 0 N–H and O–H groups in total. The number of rotatable bonds is 3. The van der Waals surface area contributed by atoms with Crippen LogP contribution in [0.3, 0.4) is 0 Å². The maximum Gasteiger partial charge on any atom is 0.0299 e. The Bertz CT molecular complexity index is 145. The standard InChI is InChI=1S/C11H22BrN/c1-4-10(5-2)13-7-6-9(3)11(12)8-13/h9-11H,4-8H2,1-3H3. The van der Waals surface area contributed by atoms with E-state index >= 15 is 0 Å². The Morgan fingerprint density at radius 2 is 2.00 bits per heavy atom. The van der Waals surface area contributed by atoms with Crippen molar-refractivity contribution in [1.29, 1.82) is 0 Å².